The van der Waals surface area contributed by atoms with Crippen LogP contribution in [0.25, 0.3) is 0 Å². The van der Waals surface area contributed by atoms with E-state index in [1.165, 1.54) is 0 Å². The van der Waals surface area contributed by atoms with E-state index in [4.69, 9.17) is 15.3 Å². The van der Waals surface area contributed by atoms with E-state index < -0.39 is 35.1 Å². The zero-order valence-corrected chi connectivity index (χ0v) is 7.69. The number of phenols is 1. The summed E-state index contributed by atoms with van der Waals surface area (Å²) in [6, 6.07) is 1.67. The third-order valence-electron chi connectivity index (χ3n) is 1.82. The van der Waals surface area contributed by atoms with Gasteiger partial charge in [0.05, 0.1) is 5.56 Å². The summed E-state index contributed by atoms with van der Waals surface area (Å²) in [4.78, 5) is 10.4. The van der Waals surface area contributed by atoms with Gasteiger partial charge >= 0.3 is 12.1 Å². The Labute approximate surface area is 87.6 Å². The van der Waals surface area contributed by atoms with Crippen molar-refractivity contribution in [1.82, 2.24) is 0 Å². The second-order valence-corrected chi connectivity index (χ2v) is 3.05. The summed E-state index contributed by atoms with van der Waals surface area (Å²) in [5, 5.41) is 26.4. The van der Waals surface area contributed by atoms with Crippen molar-refractivity contribution in [3.8, 4) is 5.75 Å². The molecular formula is C9H7F3O4. The van der Waals surface area contributed by atoms with Gasteiger partial charge in [-0.05, 0) is 23.8 Å². The first-order valence-electron chi connectivity index (χ1n) is 4.04. The molecule has 16 heavy (non-hydrogen) atoms. The van der Waals surface area contributed by atoms with Crippen LogP contribution in [0.2, 0.25) is 0 Å². The molecule has 1 aromatic carbocycles. The van der Waals surface area contributed by atoms with E-state index in [0.29, 0.717) is 12.1 Å². The number of aromatic hydroxyl groups is 1. The minimum atomic E-state index is -4.72. The molecule has 0 spiro atoms. The number of carboxylic acid groups (broad SMARTS) is 1. The first-order valence-corrected chi connectivity index (χ1v) is 4.04. The molecule has 0 aliphatic heterocycles. The lowest BCUT2D eigenvalue weighted by Gasteiger charge is -2.11. The minimum absolute atomic E-state index is 0.443. The van der Waals surface area contributed by atoms with E-state index in [2.05, 4.69) is 0 Å². The predicted octanol–water partition coefficient (Wildman–Crippen LogP) is 1.53. The molecule has 0 aliphatic carbocycles. The molecule has 0 bridgehead atoms. The van der Waals surface area contributed by atoms with Gasteiger partial charge < -0.3 is 15.3 Å². The van der Waals surface area contributed by atoms with Crippen LogP contribution in [0.3, 0.4) is 0 Å². The zero-order valence-electron chi connectivity index (χ0n) is 7.69. The molecule has 0 aliphatic rings. The van der Waals surface area contributed by atoms with Crippen molar-refractivity contribution in [2.24, 2.45) is 0 Å². The molecule has 0 aromatic heterocycles. The van der Waals surface area contributed by atoms with Gasteiger partial charge in [-0.15, -0.1) is 0 Å². The molecule has 0 fully saturated rings. The maximum absolute atomic E-state index is 12.3. The van der Waals surface area contributed by atoms with Crippen LogP contribution in [0.5, 0.6) is 5.75 Å². The highest BCUT2D eigenvalue weighted by Crippen LogP contribution is 2.33. The average molecular weight is 236 g/mol. The molecule has 1 aromatic rings. The molecule has 3 N–H and O–H groups in total. The van der Waals surface area contributed by atoms with E-state index >= 15 is 0 Å². The van der Waals surface area contributed by atoms with Crippen molar-refractivity contribution in [3.63, 3.8) is 0 Å². The fourth-order valence-corrected chi connectivity index (χ4v) is 1.10. The second kappa shape index (κ2) is 4.01. The number of aliphatic carboxylic acids is 1. The van der Waals surface area contributed by atoms with E-state index in [9.17, 15) is 18.0 Å². The molecule has 7 heteroatoms. The van der Waals surface area contributed by atoms with Gasteiger partial charge in [-0.25, -0.2) is 4.79 Å². The summed E-state index contributed by atoms with van der Waals surface area (Å²) in [6.45, 7) is 0. The maximum atomic E-state index is 12.3. The smallest absolute Gasteiger partial charge is 0.416 e. The third kappa shape index (κ3) is 2.63. The van der Waals surface area contributed by atoms with Crippen molar-refractivity contribution in [1.29, 1.82) is 0 Å². The van der Waals surface area contributed by atoms with Crippen molar-refractivity contribution in [2.75, 3.05) is 0 Å². The van der Waals surface area contributed by atoms with Gasteiger partial charge in [0.1, 0.15) is 5.75 Å². The molecular weight excluding hydrogens is 229 g/mol. The first-order chi connectivity index (χ1) is 7.21. The summed E-state index contributed by atoms with van der Waals surface area (Å²) in [7, 11) is 0. The van der Waals surface area contributed by atoms with Crippen molar-refractivity contribution >= 4 is 5.97 Å². The number of carbonyl (C=O) groups is 1. The third-order valence-corrected chi connectivity index (χ3v) is 1.82. The van der Waals surface area contributed by atoms with Crippen LogP contribution < -0.4 is 0 Å². The number of aliphatic hydroxyl groups excluding tert-OH is 1. The topological polar surface area (TPSA) is 77.8 Å². The summed E-state index contributed by atoms with van der Waals surface area (Å²) < 4.78 is 36.8. The lowest BCUT2D eigenvalue weighted by molar-refractivity contribution is -0.147. The number of hydrogen-bond donors (Lipinski definition) is 3. The largest absolute Gasteiger partial charge is 0.508 e. The Hall–Kier alpha value is -1.76. The summed E-state index contributed by atoms with van der Waals surface area (Å²) >= 11 is 0. The molecule has 1 rings (SSSR count). The Balaban J connectivity index is 3.23. The standard InChI is InChI=1S/C9H7F3O4/c10-9(11,12)5-1-4(2-6(13)3-5)7(14)8(15)16/h1-3,7,13-14H,(H,15,16). The number of hydrogen-bond acceptors (Lipinski definition) is 3. The average Bonchev–Trinajstić information content (AvgIpc) is 2.14. The van der Waals surface area contributed by atoms with E-state index in [1.807, 2.05) is 0 Å². The zero-order chi connectivity index (χ0) is 12.5. The van der Waals surface area contributed by atoms with Gasteiger partial charge in [-0.3, -0.25) is 0 Å². The molecule has 0 heterocycles. The van der Waals surface area contributed by atoms with Gasteiger partial charge in [-0.1, -0.05) is 0 Å². The highest BCUT2D eigenvalue weighted by atomic mass is 19.4. The SMILES string of the molecule is O=C(O)C(O)c1cc(O)cc(C(F)(F)F)c1. The van der Waals surface area contributed by atoms with Gasteiger partial charge in [0.2, 0.25) is 0 Å². The fraction of sp³-hybridized carbons (Fsp3) is 0.222. The van der Waals surface area contributed by atoms with Gasteiger partial charge in [0, 0.05) is 0 Å². The Kier molecular flexibility index (Phi) is 3.09. The number of rotatable bonds is 2. The summed E-state index contributed by atoms with van der Waals surface area (Å²) in [5.74, 6) is -2.45. The molecule has 0 saturated carbocycles. The normalized spacial score (nSPS) is 13.5. The number of alkyl halides is 3. The number of phenolic OH excluding ortho intramolecular Hbond substituents is 1. The van der Waals surface area contributed by atoms with Gasteiger partial charge in [0.25, 0.3) is 0 Å². The lowest BCUT2D eigenvalue weighted by atomic mass is 10.1. The van der Waals surface area contributed by atoms with Crippen LogP contribution >= 0.6 is 0 Å². The molecule has 1 atom stereocenters. The molecule has 1 unspecified atom stereocenters. The van der Waals surface area contributed by atoms with Crippen LogP contribution in [-0.4, -0.2) is 21.3 Å². The Morgan fingerprint density at radius 1 is 1.25 bits per heavy atom. The number of aliphatic hydroxyl groups is 1. The first kappa shape index (κ1) is 12.3. The quantitative estimate of drug-likeness (QED) is 0.727. The Morgan fingerprint density at radius 2 is 1.81 bits per heavy atom. The second-order valence-electron chi connectivity index (χ2n) is 3.05. The Bertz CT molecular complexity index is 414. The fourth-order valence-electron chi connectivity index (χ4n) is 1.10. The molecule has 4 nitrogen and oxygen atoms in total. The number of carboxylic acids is 1. The highest BCUT2D eigenvalue weighted by molar-refractivity contribution is 5.74. The van der Waals surface area contributed by atoms with Crippen molar-refractivity contribution in [2.45, 2.75) is 12.3 Å². The maximum Gasteiger partial charge on any atom is 0.416 e. The molecule has 0 radical (unpaired) electrons. The molecule has 0 amide bonds. The monoisotopic (exact) mass is 236 g/mol. The highest BCUT2D eigenvalue weighted by Gasteiger charge is 2.32. The molecule has 0 saturated heterocycles. The van der Waals surface area contributed by atoms with Crippen LogP contribution in [0.4, 0.5) is 13.2 Å². The number of benzene rings is 1. The van der Waals surface area contributed by atoms with Crippen molar-refractivity contribution in [3.05, 3.63) is 29.3 Å². The van der Waals surface area contributed by atoms with Crippen LogP contribution in [0, 0.1) is 0 Å². The molecule has 88 valence electrons. The van der Waals surface area contributed by atoms with E-state index in [0.717, 1.165) is 6.07 Å². The summed E-state index contributed by atoms with van der Waals surface area (Å²) in [5.41, 5.74) is -1.75. The van der Waals surface area contributed by atoms with Crippen molar-refractivity contribution < 1.29 is 33.3 Å². The minimum Gasteiger partial charge on any atom is -0.508 e. The van der Waals surface area contributed by atoms with Gasteiger partial charge in [0.15, 0.2) is 6.10 Å². The Morgan fingerprint density at radius 3 is 2.25 bits per heavy atom. The number of halogens is 3. The lowest BCUT2D eigenvalue weighted by Crippen LogP contribution is -2.12. The predicted molar refractivity (Wildman–Crippen MR) is 45.7 cm³/mol. The van der Waals surface area contributed by atoms with E-state index in [1.54, 1.807) is 0 Å². The van der Waals surface area contributed by atoms with Crippen LogP contribution in [-0.2, 0) is 11.0 Å². The summed E-state index contributed by atoms with van der Waals surface area (Å²) in [6.07, 6.45) is -6.82. The van der Waals surface area contributed by atoms with Crippen LogP contribution in [0.1, 0.15) is 17.2 Å². The van der Waals surface area contributed by atoms with E-state index in [-0.39, 0.29) is 0 Å². The van der Waals surface area contributed by atoms with Gasteiger partial charge in [-0.2, -0.15) is 13.2 Å². The van der Waals surface area contributed by atoms with Crippen LogP contribution in [0.15, 0.2) is 18.2 Å².